The normalized spacial score (nSPS) is 30.1. The number of amides is 3. The molecule has 4 fully saturated rings. The van der Waals surface area contributed by atoms with E-state index in [9.17, 15) is 14.4 Å². The van der Waals surface area contributed by atoms with Crippen LogP contribution >= 0.6 is 0 Å². The van der Waals surface area contributed by atoms with Crippen LogP contribution in [0.3, 0.4) is 0 Å². The minimum Gasteiger partial charge on any atom is -0.478 e. The molecule has 1 N–H and O–H groups in total. The van der Waals surface area contributed by atoms with Crippen molar-refractivity contribution in [2.75, 3.05) is 72.2 Å². The molecule has 4 bridgehead atoms. The van der Waals surface area contributed by atoms with Crippen LogP contribution in [0.4, 0.5) is 0 Å². The number of nitrogens with zero attached hydrogens (tertiary/aromatic N) is 4. The Morgan fingerprint density at radius 1 is 0.905 bits per heavy atom. The molecule has 0 aromatic carbocycles. The van der Waals surface area contributed by atoms with Crippen molar-refractivity contribution in [1.82, 2.24) is 25.0 Å². The number of likely N-dealkylation sites (tertiary alicyclic amines) is 1. The van der Waals surface area contributed by atoms with Gasteiger partial charge in [0.15, 0.2) is 0 Å². The van der Waals surface area contributed by atoms with E-state index in [-0.39, 0.29) is 29.6 Å². The zero-order valence-corrected chi connectivity index (χ0v) is 24.9. The summed E-state index contributed by atoms with van der Waals surface area (Å²) in [4.78, 5) is 50.9. The van der Waals surface area contributed by atoms with Crippen molar-refractivity contribution in [3.8, 4) is 5.88 Å². The molecule has 4 aliphatic heterocycles. The zero-order chi connectivity index (χ0) is 28.9. The number of nitrogens with one attached hydrogen (secondary N) is 1. The van der Waals surface area contributed by atoms with Gasteiger partial charge >= 0.3 is 0 Å². The SMILES string of the molecule is O=C1NCC[C@H]2CN(CC3CC3)CC[C@H]2CC(=O)N2CC[C@@H](CC(=O)N3CCOCC3)[C@@H](CCOc3cccc1n3)C2. The monoisotopic (exact) mass is 581 g/mol. The molecule has 5 aliphatic rings. The first-order valence-corrected chi connectivity index (χ1v) is 16.3. The maximum atomic E-state index is 13.8. The van der Waals surface area contributed by atoms with Gasteiger partial charge in [0.05, 0.1) is 19.8 Å². The van der Waals surface area contributed by atoms with E-state index < -0.39 is 0 Å². The third-order valence-electron chi connectivity index (χ3n) is 10.2. The van der Waals surface area contributed by atoms with E-state index in [0.29, 0.717) is 88.8 Å². The largest absolute Gasteiger partial charge is 0.478 e. The van der Waals surface area contributed by atoms with Crippen LogP contribution < -0.4 is 10.1 Å². The molecule has 0 unspecified atom stereocenters. The van der Waals surface area contributed by atoms with Crippen LogP contribution in [0.2, 0.25) is 0 Å². The number of pyridine rings is 1. The average molecular weight is 582 g/mol. The van der Waals surface area contributed by atoms with Crippen LogP contribution in [0.1, 0.15) is 61.9 Å². The Bertz CT molecular complexity index is 1110. The Morgan fingerprint density at radius 2 is 1.76 bits per heavy atom. The van der Waals surface area contributed by atoms with Crippen molar-refractivity contribution in [2.24, 2.45) is 29.6 Å². The van der Waals surface area contributed by atoms with Crippen LogP contribution in [0.25, 0.3) is 0 Å². The molecule has 6 rings (SSSR count). The van der Waals surface area contributed by atoms with Crippen LogP contribution in [0.15, 0.2) is 18.2 Å². The van der Waals surface area contributed by atoms with Crippen molar-refractivity contribution in [1.29, 1.82) is 0 Å². The van der Waals surface area contributed by atoms with Gasteiger partial charge in [-0.15, -0.1) is 0 Å². The lowest BCUT2D eigenvalue weighted by molar-refractivity contribution is -0.139. The molecule has 230 valence electrons. The van der Waals surface area contributed by atoms with E-state index >= 15 is 0 Å². The highest BCUT2D eigenvalue weighted by Crippen LogP contribution is 2.36. The topological polar surface area (TPSA) is 104 Å². The van der Waals surface area contributed by atoms with Crippen LogP contribution in [-0.4, -0.2) is 110 Å². The van der Waals surface area contributed by atoms with Gasteiger partial charge in [-0.3, -0.25) is 14.4 Å². The second-order valence-electron chi connectivity index (χ2n) is 13.1. The summed E-state index contributed by atoms with van der Waals surface area (Å²) in [5.41, 5.74) is 0.361. The zero-order valence-electron chi connectivity index (χ0n) is 24.9. The Kier molecular flexibility index (Phi) is 9.59. The molecule has 0 spiro atoms. The lowest BCUT2D eigenvalue weighted by Crippen LogP contribution is -2.48. The first kappa shape index (κ1) is 29.4. The van der Waals surface area contributed by atoms with Gasteiger partial charge < -0.3 is 29.5 Å². The Hall–Kier alpha value is -2.72. The number of rotatable bonds is 4. The molecule has 10 nitrogen and oxygen atoms in total. The Morgan fingerprint density at radius 3 is 2.60 bits per heavy atom. The molecular weight excluding hydrogens is 534 g/mol. The highest BCUT2D eigenvalue weighted by molar-refractivity contribution is 5.92. The summed E-state index contributed by atoms with van der Waals surface area (Å²) in [6.07, 6.45) is 7.19. The minimum atomic E-state index is -0.188. The van der Waals surface area contributed by atoms with Crippen LogP contribution in [-0.2, 0) is 14.3 Å². The predicted octanol–water partition coefficient (Wildman–Crippen LogP) is 2.44. The summed E-state index contributed by atoms with van der Waals surface area (Å²) in [6, 6.07) is 5.31. The number of ether oxygens (including phenoxy) is 2. The standard InChI is InChI=1S/C32H47N5O5/c38-30(36-13-16-41-17-14-36)18-25-8-12-37-22-27(25)9-15-42-29-3-1-2-28(34-29)32(40)33-10-6-26-21-35(20-23-4-5-23)11-7-24(26)19-31(37)39/h1-3,23-27H,4-22H2,(H,33,40)/t24-,25-,26-,27-/m0/s1. The minimum absolute atomic E-state index is 0.172. The molecule has 1 aliphatic carbocycles. The summed E-state index contributed by atoms with van der Waals surface area (Å²) in [6.45, 7) is 8.10. The Balaban J connectivity index is 1.17. The van der Waals surface area contributed by atoms with E-state index in [0.717, 1.165) is 44.7 Å². The predicted molar refractivity (Wildman–Crippen MR) is 157 cm³/mol. The highest BCUT2D eigenvalue weighted by Gasteiger charge is 2.37. The molecule has 3 amide bonds. The molecule has 1 aromatic heterocycles. The van der Waals surface area contributed by atoms with Gasteiger partial charge in [0, 0.05) is 64.7 Å². The van der Waals surface area contributed by atoms with Gasteiger partial charge in [-0.05, 0) is 80.7 Å². The molecule has 0 radical (unpaired) electrons. The van der Waals surface area contributed by atoms with Crippen LogP contribution in [0, 0.1) is 29.6 Å². The number of hydrogen-bond acceptors (Lipinski definition) is 7. The fraction of sp³-hybridized carbons (Fsp3) is 0.750. The first-order chi connectivity index (χ1) is 20.5. The van der Waals surface area contributed by atoms with Gasteiger partial charge in [0.2, 0.25) is 17.7 Å². The highest BCUT2D eigenvalue weighted by atomic mass is 16.5. The van der Waals surface area contributed by atoms with E-state index in [2.05, 4.69) is 20.1 Å². The number of carbonyl (C=O) groups is 3. The fourth-order valence-electron chi connectivity index (χ4n) is 7.40. The molecular formula is C32H47N5O5. The number of piperidine rings is 2. The maximum absolute atomic E-state index is 13.8. The number of fused-ring (bicyclic) bond motifs is 5. The van der Waals surface area contributed by atoms with E-state index in [1.807, 2.05) is 11.0 Å². The lowest BCUT2D eigenvalue weighted by Gasteiger charge is -2.42. The number of morpholine rings is 1. The molecule has 1 saturated carbocycles. The summed E-state index contributed by atoms with van der Waals surface area (Å²) in [7, 11) is 0. The van der Waals surface area contributed by atoms with Gasteiger partial charge in [-0.25, -0.2) is 4.98 Å². The number of carbonyl (C=O) groups excluding carboxylic acids is 3. The van der Waals surface area contributed by atoms with Gasteiger partial charge in [0.1, 0.15) is 5.69 Å². The van der Waals surface area contributed by atoms with E-state index in [1.165, 1.54) is 19.4 Å². The molecule has 5 heterocycles. The summed E-state index contributed by atoms with van der Waals surface area (Å²) in [5, 5.41) is 3.07. The van der Waals surface area contributed by atoms with E-state index in [1.54, 1.807) is 12.1 Å². The molecule has 4 atom stereocenters. The third-order valence-corrected chi connectivity index (χ3v) is 10.2. The summed E-state index contributed by atoms with van der Waals surface area (Å²) >= 11 is 0. The molecule has 10 heteroatoms. The smallest absolute Gasteiger partial charge is 0.270 e. The van der Waals surface area contributed by atoms with Crippen LogP contribution in [0.5, 0.6) is 5.88 Å². The second-order valence-corrected chi connectivity index (χ2v) is 13.1. The first-order valence-electron chi connectivity index (χ1n) is 16.3. The second kappa shape index (κ2) is 13.7. The molecule has 1 aromatic rings. The lowest BCUT2D eigenvalue weighted by atomic mass is 9.79. The Labute approximate surface area is 249 Å². The van der Waals surface area contributed by atoms with Crippen molar-refractivity contribution in [3.63, 3.8) is 0 Å². The van der Waals surface area contributed by atoms with E-state index in [4.69, 9.17) is 9.47 Å². The number of aromatic nitrogens is 1. The molecule has 42 heavy (non-hydrogen) atoms. The molecule has 3 saturated heterocycles. The van der Waals surface area contributed by atoms with Crippen molar-refractivity contribution >= 4 is 17.7 Å². The maximum Gasteiger partial charge on any atom is 0.270 e. The number of hydrogen-bond donors (Lipinski definition) is 1. The fourth-order valence-corrected chi connectivity index (χ4v) is 7.40. The van der Waals surface area contributed by atoms with Crippen molar-refractivity contribution in [2.45, 2.75) is 51.4 Å². The third kappa shape index (κ3) is 7.61. The van der Waals surface area contributed by atoms with Gasteiger partial charge in [-0.1, -0.05) is 6.07 Å². The van der Waals surface area contributed by atoms with Gasteiger partial charge in [-0.2, -0.15) is 0 Å². The summed E-state index contributed by atoms with van der Waals surface area (Å²) < 4.78 is 11.5. The quantitative estimate of drug-likeness (QED) is 0.583. The van der Waals surface area contributed by atoms with Crippen molar-refractivity contribution in [3.05, 3.63) is 23.9 Å². The van der Waals surface area contributed by atoms with Gasteiger partial charge in [0.25, 0.3) is 5.91 Å². The summed E-state index contributed by atoms with van der Waals surface area (Å²) in [5.74, 6) is 2.59. The average Bonchev–Trinajstić information content (AvgIpc) is 3.83. The van der Waals surface area contributed by atoms with Crippen molar-refractivity contribution < 1.29 is 23.9 Å².